The van der Waals surface area contributed by atoms with Crippen molar-refractivity contribution in [1.29, 1.82) is 0 Å². The van der Waals surface area contributed by atoms with Gasteiger partial charge >= 0.3 is 0 Å². The Bertz CT molecular complexity index is 698. The van der Waals surface area contributed by atoms with Gasteiger partial charge in [-0.2, -0.15) is 0 Å². The fraction of sp³-hybridized carbons (Fsp3) is 0.545. The van der Waals surface area contributed by atoms with E-state index < -0.39 is 6.17 Å². The molecular formula is C22H31BFNO2. The van der Waals surface area contributed by atoms with Crippen molar-refractivity contribution in [3.8, 4) is 0 Å². The van der Waals surface area contributed by atoms with Gasteiger partial charge in [0.25, 0.3) is 0 Å². The second-order valence-electron chi connectivity index (χ2n) is 7.34. The number of carbonyl (C=O) groups excluding carboxylic acids is 2. The van der Waals surface area contributed by atoms with Crippen molar-refractivity contribution < 1.29 is 14.0 Å². The average Bonchev–Trinajstić information content (AvgIpc) is 2.61. The van der Waals surface area contributed by atoms with Gasteiger partial charge in [0.15, 0.2) is 12.1 Å². The molecule has 0 saturated carbocycles. The summed E-state index contributed by atoms with van der Waals surface area (Å²) in [4.78, 5) is 25.7. The van der Waals surface area contributed by atoms with E-state index in [2.05, 4.69) is 13.8 Å². The normalized spacial score (nSPS) is 15.1. The molecule has 3 nitrogen and oxygen atoms in total. The van der Waals surface area contributed by atoms with Crippen LogP contribution in [0.4, 0.5) is 10.1 Å². The maximum Gasteiger partial charge on any atom is 0.152 e. The minimum absolute atomic E-state index is 0.0870. The Hall–Kier alpha value is -1.91. The monoisotopic (exact) mass is 371 g/mol. The molecule has 0 bridgehead atoms. The Labute approximate surface area is 164 Å². The van der Waals surface area contributed by atoms with E-state index in [0.29, 0.717) is 18.4 Å². The van der Waals surface area contributed by atoms with Gasteiger partial charge in [0, 0.05) is 18.3 Å². The molecule has 5 heteroatoms. The van der Waals surface area contributed by atoms with Gasteiger partial charge in [0.05, 0.1) is 14.0 Å². The van der Waals surface area contributed by atoms with Gasteiger partial charge in [-0.15, -0.1) is 0 Å². The predicted molar refractivity (Wildman–Crippen MR) is 113 cm³/mol. The van der Waals surface area contributed by atoms with Gasteiger partial charge in [0.1, 0.15) is 0 Å². The fourth-order valence-electron chi connectivity index (χ4n) is 3.18. The lowest BCUT2D eigenvalue weighted by atomic mass is 9.83. The number of carbonyl (C=O) groups is 2. The molecule has 0 aliphatic carbocycles. The maximum atomic E-state index is 13.5. The molecule has 0 aliphatic heterocycles. The quantitative estimate of drug-likeness (QED) is 0.327. The molecule has 146 valence electrons. The fourth-order valence-corrected chi connectivity index (χ4v) is 3.18. The summed E-state index contributed by atoms with van der Waals surface area (Å²) in [6.07, 6.45) is 3.08. The number of halogens is 1. The lowest BCUT2D eigenvalue weighted by Gasteiger charge is -2.29. The average molecular weight is 371 g/mol. The first-order valence-electron chi connectivity index (χ1n) is 9.59. The van der Waals surface area contributed by atoms with Gasteiger partial charge in [-0.05, 0) is 73.8 Å². The van der Waals surface area contributed by atoms with Crippen LogP contribution in [0.1, 0.15) is 81.3 Å². The summed E-state index contributed by atoms with van der Waals surface area (Å²) < 4.78 is 13.5. The van der Waals surface area contributed by atoms with Crippen molar-refractivity contribution in [2.24, 2.45) is 0 Å². The molecule has 1 aromatic rings. The SMILES string of the molecule is [B]C(C)N(C)c1ccc(C(=CC(C)=O)CCC(C)F)c(C(C)CC)c1C=O. The maximum absolute atomic E-state index is 13.5. The highest BCUT2D eigenvalue weighted by Gasteiger charge is 2.22. The van der Waals surface area contributed by atoms with Crippen LogP contribution in [0.5, 0.6) is 0 Å². The minimum Gasteiger partial charge on any atom is -0.380 e. The van der Waals surface area contributed by atoms with Crippen LogP contribution in [0, 0.1) is 0 Å². The molecule has 0 spiro atoms. The van der Waals surface area contributed by atoms with E-state index in [-0.39, 0.29) is 17.6 Å². The minimum atomic E-state index is -0.957. The van der Waals surface area contributed by atoms with Crippen LogP contribution in [0.3, 0.4) is 0 Å². The summed E-state index contributed by atoms with van der Waals surface area (Å²) in [5, 5.41) is 0. The van der Waals surface area contributed by atoms with Crippen LogP contribution >= 0.6 is 0 Å². The topological polar surface area (TPSA) is 37.4 Å². The smallest absolute Gasteiger partial charge is 0.152 e. The molecule has 3 atom stereocenters. The van der Waals surface area contributed by atoms with Crippen molar-refractivity contribution in [1.82, 2.24) is 0 Å². The largest absolute Gasteiger partial charge is 0.380 e. The number of allylic oxidation sites excluding steroid dienone is 2. The van der Waals surface area contributed by atoms with Crippen LogP contribution in [-0.4, -0.2) is 39.1 Å². The Morgan fingerprint density at radius 1 is 1.30 bits per heavy atom. The number of benzene rings is 1. The molecule has 0 amide bonds. The molecule has 0 aromatic heterocycles. The first-order chi connectivity index (χ1) is 12.6. The number of aldehydes is 1. The van der Waals surface area contributed by atoms with Crippen molar-refractivity contribution in [2.75, 3.05) is 11.9 Å². The molecular weight excluding hydrogens is 340 g/mol. The summed E-state index contributed by atoms with van der Waals surface area (Å²) in [6.45, 7) is 8.97. The van der Waals surface area contributed by atoms with Crippen molar-refractivity contribution >= 4 is 31.2 Å². The standard InChI is InChI=1S/C22H31BFNO2/c1-7-14(2)22-19(18(12-16(4)27)9-8-15(3)24)10-11-21(20(22)13-26)25(6)17(5)23/h10-15,17H,7-9H2,1-6H3. The lowest BCUT2D eigenvalue weighted by molar-refractivity contribution is -0.112. The zero-order valence-electron chi connectivity index (χ0n) is 17.4. The van der Waals surface area contributed by atoms with Crippen LogP contribution in [0.2, 0.25) is 0 Å². The number of ketones is 1. The van der Waals surface area contributed by atoms with E-state index in [0.717, 1.165) is 35.1 Å². The van der Waals surface area contributed by atoms with Crippen LogP contribution < -0.4 is 4.90 Å². The molecule has 0 heterocycles. The zero-order valence-corrected chi connectivity index (χ0v) is 17.4. The molecule has 0 fully saturated rings. The van der Waals surface area contributed by atoms with Gasteiger partial charge in [-0.1, -0.05) is 26.8 Å². The van der Waals surface area contributed by atoms with Crippen LogP contribution in [0.25, 0.3) is 5.57 Å². The number of hydrogen-bond donors (Lipinski definition) is 0. The highest BCUT2D eigenvalue weighted by Crippen LogP contribution is 2.37. The first-order valence-corrected chi connectivity index (χ1v) is 9.59. The predicted octanol–water partition coefficient (Wildman–Crippen LogP) is 5.07. The van der Waals surface area contributed by atoms with E-state index in [1.807, 2.05) is 31.0 Å². The van der Waals surface area contributed by atoms with Crippen molar-refractivity contribution in [2.45, 2.75) is 71.9 Å². The van der Waals surface area contributed by atoms with Gasteiger partial charge in [0.2, 0.25) is 0 Å². The highest BCUT2D eigenvalue weighted by atomic mass is 19.1. The van der Waals surface area contributed by atoms with E-state index in [4.69, 9.17) is 7.85 Å². The van der Waals surface area contributed by atoms with E-state index in [9.17, 15) is 14.0 Å². The van der Waals surface area contributed by atoms with E-state index in [1.54, 1.807) is 6.08 Å². The number of nitrogens with zero attached hydrogens (tertiary/aromatic N) is 1. The molecule has 1 aromatic carbocycles. The number of anilines is 1. The summed E-state index contributed by atoms with van der Waals surface area (Å²) in [6, 6.07) is 3.79. The molecule has 0 saturated heterocycles. The Kier molecular flexibility index (Phi) is 8.94. The zero-order chi connectivity index (χ0) is 20.7. The Morgan fingerprint density at radius 3 is 2.37 bits per heavy atom. The summed E-state index contributed by atoms with van der Waals surface area (Å²) in [5.41, 5.74) is 3.88. The second-order valence-corrected chi connectivity index (χ2v) is 7.34. The van der Waals surface area contributed by atoms with Gasteiger partial charge < -0.3 is 4.90 Å². The van der Waals surface area contributed by atoms with Crippen LogP contribution in [0.15, 0.2) is 18.2 Å². The third-order valence-corrected chi connectivity index (χ3v) is 5.01. The second kappa shape index (κ2) is 10.4. The molecule has 3 unspecified atom stereocenters. The van der Waals surface area contributed by atoms with E-state index >= 15 is 0 Å². The molecule has 0 aliphatic rings. The third kappa shape index (κ3) is 6.05. The summed E-state index contributed by atoms with van der Waals surface area (Å²) >= 11 is 0. The van der Waals surface area contributed by atoms with Gasteiger partial charge in [-0.25, -0.2) is 4.39 Å². The summed E-state index contributed by atoms with van der Waals surface area (Å²) in [5.74, 6) is -0.227. The third-order valence-electron chi connectivity index (χ3n) is 5.01. The number of rotatable bonds is 10. The first kappa shape index (κ1) is 23.1. The molecule has 2 radical (unpaired) electrons. The van der Waals surface area contributed by atoms with E-state index in [1.165, 1.54) is 13.8 Å². The lowest BCUT2D eigenvalue weighted by Crippen LogP contribution is -2.30. The molecule has 0 N–H and O–H groups in total. The van der Waals surface area contributed by atoms with Crippen molar-refractivity contribution in [3.05, 3.63) is 34.9 Å². The number of hydrogen-bond acceptors (Lipinski definition) is 3. The van der Waals surface area contributed by atoms with Crippen molar-refractivity contribution in [3.63, 3.8) is 0 Å². The summed E-state index contributed by atoms with van der Waals surface area (Å²) in [7, 11) is 7.86. The van der Waals surface area contributed by atoms with Gasteiger partial charge in [-0.3, -0.25) is 9.59 Å². The number of alkyl halides is 1. The van der Waals surface area contributed by atoms with Crippen LogP contribution in [-0.2, 0) is 4.79 Å². The Balaban J connectivity index is 3.69. The Morgan fingerprint density at radius 2 is 1.93 bits per heavy atom. The molecule has 1 rings (SSSR count). The molecule has 27 heavy (non-hydrogen) atoms. The highest BCUT2D eigenvalue weighted by molar-refractivity contribution is 6.13.